The van der Waals surface area contributed by atoms with Gasteiger partial charge in [-0.2, -0.15) is 5.10 Å². The quantitative estimate of drug-likeness (QED) is 0.871. The van der Waals surface area contributed by atoms with Crippen molar-refractivity contribution in [3.05, 3.63) is 18.0 Å². The van der Waals surface area contributed by atoms with Gasteiger partial charge in [0.05, 0.1) is 18.7 Å². The number of alkyl carbamates (subject to hydrolysis) is 1. The highest BCUT2D eigenvalue weighted by Crippen LogP contribution is 2.19. The lowest BCUT2D eigenvalue weighted by Gasteiger charge is -2.22. The number of carboxylic acids is 1. The van der Waals surface area contributed by atoms with E-state index in [-0.39, 0.29) is 12.5 Å². The summed E-state index contributed by atoms with van der Waals surface area (Å²) in [5.74, 6) is -1.01. The zero-order chi connectivity index (χ0) is 16.2. The molecule has 0 radical (unpaired) electrons. The van der Waals surface area contributed by atoms with Crippen molar-refractivity contribution in [2.75, 3.05) is 0 Å². The number of carbonyl (C=O) groups excluding carboxylic acids is 1. The molecule has 1 aromatic rings. The van der Waals surface area contributed by atoms with Crippen LogP contribution >= 0.6 is 0 Å². The fraction of sp³-hybridized carbons (Fsp3) is 0.643. The number of hydrogen-bond acceptors (Lipinski definition) is 4. The van der Waals surface area contributed by atoms with Gasteiger partial charge in [-0.25, -0.2) is 4.79 Å². The summed E-state index contributed by atoms with van der Waals surface area (Å²) in [5.41, 5.74) is -0.00284. The summed E-state index contributed by atoms with van der Waals surface area (Å²) in [7, 11) is 0. The standard InChI is InChI=1S/C14H23N3O4/c1-9(2)17-8-10(7-15-17)11(6-12(18)19)16-13(20)21-14(3,4)5/h7-9,11H,6H2,1-5H3,(H,16,20)(H,18,19)/t11-/m1/s1. The molecule has 1 atom stereocenters. The third kappa shape index (κ3) is 5.85. The highest BCUT2D eigenvalue weighted by molar-refractivity contribution is 5.72. The van der Waals surface area contributed by atoms with E-state index in [1.165, 1.54) is 0 Å². The second kappa shape index (κ2) is 6.60. The number of ether oxygens (including phenoxy) is 1. The molecule has 0 unspecified atom stereocenters. The highest BCUT2D eigenvalue weighted by Gasteiger charge is 2.23. The number of amides is 1. The first-order chi connectivity index (χ1) is 9.58. The molecule has 0 saturated carbocycles. The van der Waals surface area contributed by atoms with E-state index in [1.807, 2.05) is 13.8 Å². The van der Waals surface area contributed by atoms with Gasteiger partial charge in [0.25, 0.3) is 0 Å². The van der Waals surface area contributed by atoms with Gasteiger partial charge in [-0.05, 0) is 34.6 Å². The topological polar surface area (TPSA) is 93.5 Å². The minimum absolute atomic E-state index is 0.158. The van der Waals surface area contributed by atoms with Crippen molar-refractivity contribution in [3.63, 3.8) is 0 Å². The number of hydrogen-bond donors (Lipinski definition) is 2. The molecule has 2 N–H and O–H groups in total. The predicted octanol–water partition coefficient (Wildman–Crippen LogP) is 2.50. The maximum atomic E-state index is 11.8. The van der Waals surface area contributed by atoms with Crippen LogP contribution < -0.4 is 5.32 Å². The van der Waals surface area contributed by atoms with Gasteiger partial charge >= 0.3 is 12.1 Å². The van der Waals surface area contributed by atoms with Gasteiger partial charge in [0.1, 0.15) is 5.60 Å². The number of carboxylic acid groups (broad SMARTS) is 1. The van der Waals surface area contributed by atoms with E-state index in [9.17, 15) is 9.59 Å². The van der Waals surface area contributed by atoms with Crippen molar-refractivity contribution in [1.82, 2.24) is 15.1 Å². The van der Waals surface area contributed by atoms with Crippen molar-refractivity contribution in [2.45, 2.75) is 58.7 Å². The van der Waals surface area contributed by atoms with Gasteiger partial charge in [0.15, 0.2) is 0 Å². The predicted molar refractivity (Wildman–Crippen MR) is 77.0 cm³/mol. The van der Waals surface area contributed by atoms with Crippen LogP contribution in [-0.2, 0) is 9.53 Å². The fourth-order valence-electron chi connectivity index (χ4n) is 1.69. The molecule has 0 spiro atoms. The second-order valence-electron chi connectivity index (χ2n) is 6.14. The number of rotatable bonds is 5. The van der Waals surface area contributed by atoms with Crippen molar-refractivity contribution < 1.29 is 19.4 Å². The van der Waals surface area contributed by atoms with Crippen LogP contribution in [0.5, 0.6) is 0 Å². The molecule has 1 aromatic heterocycles. The fourth-order valence-corrected chi connectivity index (χ4v) is 1.69. The van der Waals surface area contributed by atoms with Gasteiger partial charge < -0.3 is 15.2 Å². The highest BCUT2D eigenvalue weighted by atomic mass is 16.6. The normalized spacial score (nSPS) is 13.0. The van der Waals surface area contributed by atoms with Crippen LogP contribution in [0.4, 0.5) is 4.79 Å². The van der Waals surface area contributed by atoms with Crippen molar-refractivity contribution in [3.8, 4) is 0 Å². The van der Waals surface area contributed by atoms with Crippen LogP contribution in [0.25, 0.3) is 0 Å². The molecule has 0 bridgehead atoms. The molecule has 1 amide bonds. The number of carbonyl (C=O) groups is 2. The van der Waals surface area contributed by atoms with E-state index >= 15 is 0 Å². The van der Waals surface area contributed by atoms with Crippen molar-refractivity contribution in [2.24, 2.45) is 0 Å². The monoisotopic (exact) mass is 297 g/mol. The van der Waals surface area contributed by atoms with Gasteiger partial charge in [-0.1, -0.05) is 0 Å². The SMILES string of the molecule is CC(C)n1cc([C@@H](CC(=O)O)NC(=O)OC(C)(C)C)cn1. The van der Waals surface area contributed by atoms with E-state index in [4.69, 9.17) is 9.84 Å². The van der Waals surface area contributed by atoms with Crippen molar-refractivity contribution in [1.29, 1.82) is 0 Å². The Kier molecular flexibility index (Phi) is 5.34. The maximum Gasteiger partial charge on any atom is 0.408 e. The van der Waals surface area contributed by atoms with Gasteiger partial charge in [-0.15, -0.1) is 0 Å². The number of aliphatic carboxylic acids is 1. The molecule has 0 fully saturated rings. The molecule has 118 valence electrons. The number of nitrogens with one attached hydrogen (secondary N) is 1. The van der Waals surface area contributed by atoms with E-state index in [0.717, 1.165) is 0 Å². The summed E-state index contributed by atoms with van der Waals surface area (Å²) in [6.07, 6.45) is 2.41. The summed E-state index contributed by atoms with van der Waals surface area (Å²) in [5, 5.41) is 15.7. The molecule has 0 aliphatic heterocycles. The Bertz CT molecular complexity index is 503. The van der Waals surface area contributed by atoms with Crippen LogP contribution in [0.1, 0.15) is 58.7 Å². The Morgan fingerprint density at radius 2 is 2.05 bits per heavy atom. The molecule has 0 aliphatic rings. The first kappa shape index (κ1) is 17.0. The molecular weight excluding hydrogens is 274 g/mol. The van der Waals surface area contributed by atoms with Crippen LogP contribution in [0.2, 0.25) is 0 Å². The summed E-state index contributed by atoms with van der Waals surface area (Å²) in [6, 6.07) is -0.518. The average Bonchev–Trinajstić information content (AvgIpc) is 2.73. The van der Waals surface area contributed by atoms with E-state index in [0.29, 0.717) is 5.56 Å². The Morgan fingerprint density at radius 3 is 2.48 bits per heavy atom. The third-order valence-electron chi connectivity index (χ3n) is 2.62. The first-order valence-electron chi connectivity index (χ1n) is 6.84. The Balaban J connectivity index is 2.84. The molecule has 0 aromatic carbocycles. The van der Waals surface area contributed by atoms with Crippen molar-refractivity contribution >= 4 is 12.1 Å². The molecule has 0 aliphatic carbocycles. The minimum Gasteiger partial charge on any atom is -0.481 e. The lowest BCUT2D eigenvalue weighted by molar-refractivity contribution is -0.137. The lowest BCUT2D eigenvalue weighted by atomic mass is 10.1. The molecular formula is C14H23N3O4. The van der Waals surface area contributed by atoms with Gasteiger partial charge in [-0.3, -0.25) is 9.48 Å². The Morgan fingerprint density at radius 1 is 1.43 bits per heavy atom. The number of nitrogens with zero attached hydrogens (tertiary/aromatic N) is 2. The first-order valence-corrected chi connectivity index (χ1v) is 6.84. The zero-order valence-electron chi connectivity index (χ0n) is 13.1. The summed E-state index contributed by atoms with van der Waals surface area (Å²) < 4.78 is 6.86. The van der Waals surface area contributed by atoms with E-state index in [1.54, 1.807) is 37.8 Å². The zero-order valence-corrected chi connectivity index (χ0v) is 13.1. The van der Waals surface area contributed by atoms with Crippen LogP contribution in [0.15, 0.2) is 12.4 Å². The smallest absolute Gasteiger partial charge is 0.408 e. The largest absolute Gasteiger partial charge is 0.481 e. The molecule has 21 heavy (non-hydrogen) atoms. The lowest BCUT2D eigenvalue weighted by Crippen LogP contribution is -2.35. The molecule has 7 nitrogen and oxygen atoms in total. The Labute approximate surface area is 124 Å². The molecule has 0 saturated heterocycles. The number of aromatic nitrogens is 2. The third-order valence-corrected chi connectivity index (χ3v) is 2.62. The maximum absolute atomic E-state index is 11.8. The second-order valence-corrected chi connectivity index (χ2v) is 6.14. The minimum atomic E-state index is -1.01. The molecule has 1 heterocycles. The van der Waals surface area contributed by atoms with Crippen LogP contribution in [0.3, 0.4) is 0 Å². The average molecular weight is 297 g/mol. The van der Waals surface area contributed by atoms with Gasteiger partial charge in [0, 0.05) is 17.8 Å². The summed E-state index contributed by atoms with van der Waals surface area (Å²) >= 11 is 0. The summed E-state index contributed by atoms with van der Waals surface area (Å²) in [6.45, 7) is 9.16. The van der Waals surface area contributed by atoms with Crippen LogP contribution in [-0.4, -0.2) is 32.6 Å². The molecule has 7 heteroatoms. The Hall–Kier alpha value is -2.05. The van der Waals surface area contributed by atoms with Crippen LogP contribution in [0, 0.1) is 0 Å². The van der Waals surface area contributed by atoms with E-state index < -0.39 is 23.7 Å². The van der Waals surface area contributed by atoms with Gasteiger partial charge in [0.2, 0.25) is 0 Å². The van der Waals surface area contributed by atoms with E-state index in [2.05, 4.69) is 10.4 Å². The molecule has 1 rings (SSSR count). The summed E-state index contributed by atoms with van der Waals surface area (Å²) in [4.78, 5) is 22.8.